The topological polar surface area (TPSA) is 35.8 Å². The summed E-state index contributed by atoms with van der Waals surface area (Å²) in [7, 11) is 0. The van der Waals surface area contributed by atoms with E-state index in [0.29, 0.717) is 5.92 Å². The van der Waals surface area contributed by atoms with E-state index in [1.165, 1.54) is 16.7 Å². The van der Waals surface area contributed by atoms with E-state index in [1.54, 1.807) is 0 Å². The largest absolute Gasteiger partial charge is 0.302 e. The Hall–Kier alpha value is -1.33. The summed E-state index contributed by atoms with van der Waals surface area (Å²) in [6.07, 6.45) is 0.985. The van der Waals surface area contributed by atoms with Crippen molar-refractivity contribution in [3.05, 3.63) is 34.9 Å². The number of nitrogens with zero attached hydrogens (tertiary/aromatic N) is 1. The third-order valence-electron chi connectivity index (χ3n) is 3.08. The third-order valence-corrected chi connectivity index (χ3v) is 3.08. The second kappa shape index (κ2) is 6.42. The van der Waals surface area contributed by atoms with Crippen LogP contribution >= 0.6 is 0 Å². The molecule has 17 heavy (non-hydrogen) atoms. The number of rotatable bonds is 5. The van der Waals surface area contributed by atoms with Crippen molar-refractivity contribution < 1.29 is 0 Å². The highest BCUT2D eigenvalue weighted by molar-refractivity contribution is 5.32. The minimum atomic E-state index is -0.0661. The Bertz CT molecular complexity index is 402. The number of aryl methyl sites for hydroxylation is 1. The number of nitriles is 1. The molecule has 0 saturated carbocycles. The fourth-order valence-corrected chi connectivity index (χ4v) is 1.79. The summed E-state index contributed by atoms with van der Waals surface area (Å²) < 4.78 is 0. The SMILES string of the molecule is Cc1ccc(C(C)C)cc1CCNC(C)C#N. The molecule has 2 nitrogen and oxygen atoms in total. The Morgan fingerprint density at radius 1 is 1.29 bits per heavy atom. The van der Waals surface area contributed by atoms with Gasteiger partial charge in [-0.1, -0.05) is 32.0 Å². The molecule has 0 spiro atoms. The van der Waals surface area contributed by atoms with E-state index >= 15 is 0 Å². The maximum Gasteiger partial charge on any atom is 0.0924 e. The minimum absolute atomic E-state index is 0.0661. The van der Waals surface area contributed by atoms with Gasteiger partial charge in [-0.25, -0.2) is 0 Å². The van der Waals surface area contributed by atoms with Crippen molar-refractivity contribution in [1.82, 2.24) is 5.32 Å². The van der Waals surface area contributed by atoms with Crippen LogP contribution in [0.15, 0.2) is 18.2 Å². The van der Waals surface area contributed by atoms with Crippen LogP contribution in [0.5, 0.6) is 0 Å². The first-order valence-corrected chi connectivity index (χ1v) is 6.27. The molecule has 1 unspecified atom stereocenters. The molecular formula is C15H22N2. The summed E-state index contributed by atoms with van der Waals surface area (Å²) in [4.78, 5) is 0. The maximum absolute atomic E-state index is 8.69. The predicted molar refractivity (Wildman–Crippen MR) is 72.0 cm³/mol. The molecule has 1 aromatic carbocycles. The first-order chi connectivity index (χ1) is 8.04. The minimum Gasteiger partial charge on any atom is -0.302 e. The molecule has 0 aliphatic rings. The Morgan fingerprint density at radius 2 is 2.00 bits per heavy atom. The molecular weight excluding hydrogens is 208 g/mol. The lowest BCUT2D eigenvalue weighted by Crippen LogP contribution is -2.26. The van der Waals surface area contributed by atoms with Gasteiger partial charge in [0.15, 0.2) is 0 Å². The van der Waals surface area contributed by atoms with Gasteiger partial charge in [-0.05, 0) is 42.9 Å². The number of benzene rings is 1. The Labute approximate surface area is 105 Å². The molecule has 1 rings (SSSR count). The zero-order valence-electron chi connectivity index (χ0n) is 11.2. The summed E-state index contributed by atoms with van der Waals surface area (Å²) in [5, 5.41) is 11.9. The fraction of sp³-hybridized carbons (Fsp3) is 0.533. The molecule has 0 fully saturated rings. The molecule has 92 valence electrons. The van der Waals surface area contributed by atoms with Crippen LogP contribution in [0.1, 0.15) is 43.4 Å². The monoisotopic (exact) mass is 230 g/mol. The molecule has 0 amide bonds. The first kappa shape index (κ1) is 13.7. The standard InChI is InChI=1S/C15H22N2/c1-11(2)14-6-5-12(3)15(9-14)7-8-17-13(4)10-16/h5-6,9,11,13,17H,7-8H2,1-4H3. The summed E-state index contributed by atoms with van der Waals surface area (Å²) in [5.74, 6) is 0.570. The van der Waals surface area contributed by atoms with Crippen LogP contribution in [0.2, 0.25) is 0 Å². The van der Waals surface area contributed by atoms with Crippen molar-refractivity contribution in [3.8, 4) is 6.07 Å². The van der Waals surface area contributed by atoms with Crippen molar-refractivity contribution in [1.29, 1.82) is 5.26 Å². The van der Waals surface area contributed by atoms with E-state index < -0.39 is 0 Å². The van der Waals surface area contributed by atoms with Gasteiger partial charge in [-0.15, -0.1) is 0 Å². The highest BCUT2D eigenvalue weighted by atomic mass is 14.9. The van der Waals surface area contributed by atoms with Gasteiger partial charge in [0, 0.05) is 6.54 Å². The van der Waals surface area contributed by atoms with E-state index in [0.717, 1.165) is 13.0 Å². The van der Waals surface area contributed by atoms with Crippen LogP contribution in [0.25, 0.3) is 0 Å². The van der Waals surface area contributed by atoms with Gasteiger partial charge in [-0.3, -0.25) is 0 Å². The average molecular weight is 230 g/mol. The van der Waals surface area contributed by atoms with Gasteiger partial charge in [-0.2, -0.15) is 5.26 Å². The molecule has 1 aromatic rings. The summed E-state index contributed by atoms with van der Waals surface area (Å²) in [6, 6.07) is 8.80. The third kappa shape index (κ3) is 4.20. The molecule has 1 N–H and O–H groups in total. The lowest BCUT2D eigenvalue weighted by molar-refractivity contribution is 0.639. The molecule has 0 aromatic heterocycles. The van der Waals surface area contributed by atoms with Gasteiger partial charge >= 0.3 is 0 Å². The first-order valence-electron chi connectivity index (χ1n) is 6.27. The van der Waals surface area contributed by atoms with Gasteiger partial charge in [0.05, 0.1) is 12.1 Å². The molecule has 0 saturated heterocycles. The Morgan fingerprint density at radius 3 is 2.59 bits per heavy atom. The van der Waals surface area contributed by atoms with Crippen LogP contribution in [-0.4, -0.2) is 12.6 Å². The molecule has 0 bridgehead atoms. The Balaban J connectivity index is 2.64. The number of nitrogens with one attached hydrogen (secondary N) is 1. The van der Waals surface area contributed by atoms with Crippen molar-refractivity contribution >= 4 is 0 Å². The normalized spacial score (nSPS) is 12.5. The van der Waals surface area contributed by atoms with E-state index in [4.69, 9.17) is 5.26 Å². The molecule has 0 aliphatic heterocycles. The highest BCUT2D eigenvalue weighted by Gasteiger charge is 2.04. The van der Waals surface area contributed by atoms with Gasteiger partial charge in [0.2, 0.25) is 0 Å². The molecule has 0 radical (unpaired) electrons. The van der Waals surface area contributed by atoms with E-state index in [1.807, 2.05) is 6.92 Å². The van der Waals surface area contributed by atoms with Crippen molar-refractivity contribution in [2.75, 3.05) is 6.54 Å². The highest BCUT2D eigenvalue weighted by Crippen LogP contribution is 2.18. The summed E-state index contributed by atoms with van der Waals surface area (Å²) in [5.41, 5.74) is 4.11. The predicted octanol–water partition coefficient (Wildman–Crippen LogP) is 3.16. The van der Waals surface area contributed by atoms with E-state index in [-0.39, 0.29) is 6.04 Å². The van der Waals surface area contributed by atoms with Crippen LogP contribution < -0.4 is 5.32 Å². The second-order valence-electron chi connectivity index (χ2n) is 4.90. The molecule has 0 aliphatic carbocycles. The van der Waals surface area contributed by atoms with Gasteiger partial charge in [0.1, 0.15) is 0 Å². The van der Waals surface area contributed by atoms with E-state index in [2.05, 4.69) is 50.4 Å². The second-order valence-corrected chi connectivity index (χ2v) is 4.90. The van der Waals surface area contributed by atoms with Gasteiger partial charge in [0.25, 0.3) is 0 Å². The van der Waals surface area contributed by atoms with E-state index in [9.17, 15) is 0 Å². The van der Waals surface area contributed by atoms with Crippen molar-refractivity contribution in [2.24, 2.45) is 0 Å². The van der Waals surface area contributed by atoms with Crippen LogP contribution in [0.3, 0.4) is 0 Å². The molecule has 0 heterocycles. The lowest BCUT2D eigenvalue weighted by Gasteiger charge is -2.12. The Kier molecular flexibility index (Phi) is 5.18. The number of hydrogen-bond acceptors (Lipinski definition) is 2. The van der Waals surface area contributed by atoms with Crippen LogP contribution in [-0.2, 0) is 6.42 Å². The van der Waals surface area contributed by atoms with Crippen molar-refractivity contribution in [2.45, 2.75) is 46.1 Å². The fourth-order valence-electron chi connectivity index (χ4n) is 1.79. The quantitative estimate of drug-likeness (QED) is 0.843. The lowest BCUT2D eigenvalue weighted by atomic mass is 9.96. The van der Waals surface area contributed by atoms with Gasteiger partial charge < -0.3 is 5.32 Å². The molecule has 2 heteroatoms. The maximum atomic E-state index is 8.69. The zero-order chi connectivity index (χ0) is 12.8. The number of hydrogen-bond donors (Lipinski definition) is 1. The van der Waals surface area contributed by atoms with Crippen molar-refractivity contribution in [3.63, 3.8) is 0 Å². The molecule has 1 atom stereocenters. The smallest absolute Gasteiger partial charge is 0.0924 e. The van der Waals surface area contributed by atoms with Crippen LogP contribution in [0.4, 0.5) is 0 Å². The average Bonchev–Trinajstić information content (AvgIpc) is 2.30. The van der Waals surface area contributed by atoms with Crippen LogP contribution in [0, 0.1) is 18.3 Å². The summed E-state index contributed by atoms with van der Waals surface area (Å²) in [6.45, 7) is 9.32. The zero-order valence-corrected chi connectivity index (χ0v) is 11.2. The summed E-state index contributed by atoms with van der Waals surface area (Å²) >= 11 is 0.